The SMILES string of the molecule is CNC1C(C)COc2cc(C)c(C)cc2C1O. The van der Waals surface area contributed by atoms with Crippen molar-refractivity contribution in [3.63, 3.8) is 0 Å². The second-order valence-electron chi connectivity index (χ2n) is 5.02. The Morgan fingerprint density at radius 3 is 2.59 bits per heavy atom. The van der Waals surface area contributed by atoms with Gasteiger partial charge in [0, 0.05) is 17.5 Å². The molecule has 17 heavy (non-hydrogen) atoms. The molecule has 0 radical (unpaired) electrons. The number of aliphatic hydroxyl groups is 1. The summed E-state index contributed by atoms with van der Waals surface area (Å²) in [6, 6.07) is 4.11. The number of hydrogen-bond acceptors (Lipinski definition) is 3. The van der Waals surface area contributed by atoms with E-state index in [4.69, 9.17) is 4.74 Å². The highest BCUT2D eigenvalue weighted by atomic mass is 16.5. The fraction of sp³-hybridized carbons (Fsp3) is 0.571. The largest absolute Gasteiger partial charge is 0.493 e. The van der Waals surface area contributed by atoms with Gasteiger partial charge in [0.15, 0.2) is 0 Å². The molecule has 0 aliphatic carbocycles. The Bertz CT molecular complexity index is 417. The first-order valence-electron chi connectivity index (χ1n) is 6.14. The van der Waals surface area contributed by atoms with Crippen LogP contribution < -0.4 is 10.1 Å². The van der Waals surface area contributed by atoms with Crippen molar-refractivity contribution in [3.8, 4) is 5.75 Å². The Morgan fingerprint density at radius 2 is 1.94 bits per heavy atom. The summed E-state index contributed by atoms with van der Waals surface area (Å²) in [5, 5.41) is 13.6. The minimum absolute atomic E-state index is 0.0401. The Kier molecular flexibility index (Phi) is 3.40. The Balaban J connectivity index is 2.47. The van der Waals surface area contributed by atoms with E-state index in [1.165, 1.54) is 11.1 Å². The number of benzene rings is 1. The molecule has 3 nitrogen and oxygen atoms in total. The standard InChI is InChI=1S/C14H21NO2/c1-8-5-11-12(6-9(8)2)17-7-10(3)13(15-4)14(11)16/h5-6,10,13-16H,7H2,1-4H3. The van der Waals surface area contributed by atoms with Gasteiger partial charge in [-0.05, 0) is 44.2 Å². The van der Waals surface area contributed by atoms with Gasteiger partial charge in [0.25, 0.3) is 0 Å². The molecule has 0 spiro atoms. The molecule has 1 aliphatic heterocycles. The van der Waals surface area contributed by atoms with Crippen LogP contribution in [0.4, 0.5) is 0 Å². The van der Waals surface area contributed by atoms with Crippen molar-refractivity contribution in [2.45, 2.75) is 32.9 Å². The zero-order valence-corrected chi connectivity index (χ0v) is 10.9. The zero-order valence-electron chi connectivity index (χ0n) is 10.9. The molecule has 0 aromatic heterocycles. The number of aryl methyl sites for hydroxylation is 2. The second-order valence-corrected chi connectivity index (χ2v) is 5.02. The molecule has 2 N–H and O–H groups in total. The topological polar surface area (TPSA) is 41.5 Å². The van der Waals surface area contributed by atoms with Gasteiger partial charge in [-0.25, -0.2) is 0 Å². The fourth-order valence-electron chi connectivity index (χ4n) is 2.44. The van der Waals surface area contributed by atoms with E-state index in [0.717, 1.165) is 11.3 Å². The van der Waals surface area contributed by atoms with Crippen LogP contribution in [0.2, 0.25) is 0 Å². The van der Waals surface area contributed by atoms with Gasteiger partial charge in [0.05, 0.1) is 12.7 Å². The van der Waals surface area contributed by atoms with Gasteiger partial charge < -0.3 is 15.2 Å². The number of aliphatic hydroxyl groups excluding tert-OH is 1. The van der Waals surface area contributed by atoms with Crippen LogP contribution in [-0.4, -0.2) is 24.8 Å². The minimum atomic E-state index is -0.508. The van der Waals surface area contributed by atoms with Gasteiger partial charge in [-0.3, -0.25) is 0 Å². The summed E-state index contributed by atoms with van der Waals surface area (Å²) in [4.78, 5) is 0. The Morgan fingerprint density at radius 1 is 1.29 bits per heavy atom. The highest BCUT2D eigenvalue weighted by Crippen LogP contribution is 2.35. The fourth-order valence-corrected chi connectivity index (χ4v) is 2.44. The van der Waals surface area contributed by atoms with Gasteiger partial charge in [0.2, 0.25) is 0 Å². The van der Waals surface area contributed by atoms with Crippen LogP contribution in [0.15, 0.2) is 12.1 Å². The molecule has 2 rings (SSSR count). The molecule has 3 atom stereocenters. The van der Waals surface area contributed by atoms with Crippen molar-refractivity contribution in [1.82, 2.24) is 5.32 Å². The molecule has 0 bridgehead atoms. The van der Waals surface area contributed by atoms with E-state index < -0.39 is 6.10 Å². The third-order valence-electron chi connectivity index (χ3n) is 3.73. The van der Waals surface area contributed by atoms with Crippen LogP contribution in [0.5, 0.6) is 5.75 Å². The molecular formula is C14H21NO2. The molecule has 0 amide bonds. The van der Waals surface area contributed by atoms with Crippen LogP contribution >= 0.6 is 0 Å². The zero-order chi connectivity index (χ0) is 12.6. The molecule has 3 unspecified atom stereocenters. The quantitative estimate of drug-likeness (QED) is 0.782. The number of ether oxygens (including phenoxy) is 1. The normalized spacial score (nSPS) is 28.2. The smallest absolute Gasteiger partial charge is 0.125 e. The predicted molar refractivity (Wildman–Crippen MR) is 68.4 cm³/mol. The monoisotopic (exact) mass is 235 g/mol. The highest BCUT2D eigenvalue weighted by molar-refractivity contribution is 5.44. The lowest BCUT2D eigenvalue weighted by Gasteiger charge is -2.25. The Labute approximate surface area is 103 Å². The average Bonchev–Trinajstić information content (AvgIpc) is 2.40. The van der Waals surface area contributed by atoms with Gasteiger partial charge >= 0.3 is 0 Å². The number of nitrogens with one attached hydrogen (secondary N) is 1. The van der Waals surface area contributed by atoms with Crippen LogP contribution in [-0.2, 0) is 0 Å². The van der Waals surface area contributed by atoms with Crippen LogP contribution in [0.1, 0.15) is 29.7 Å². The van der Waals surface area contributed by atoms with Crippen molar-refractivity contribution < 1.29 is 9.84 Å². The summed E-state index contributed by atoms with van der Waals surface area (Å²) >= 11 is 0. The van der Waals surface area contributed by atoms with Gasteiger partial charge in [-0.1, -0.05) is 6.92 Å². The van der Waals surface area contributed by atoms with E-state index in [-0.39, 0.29) is 12.0 Å². The number of fused-ring (bicyclic) bond motifs is 1. The van der Waals surface area contributed by atoms with E-state index in [2.05, 4.69) is 26.1 Å². The minimum Gasteiger partial charge on any atom is -0.493 e. The first-order valence-corrected chi connectivity index (χ1v) is 6.14. The summed E-state index contributed by atoms with van der Waals surface area (Å²) in [6.07, 6.45) is -0.508. The number of likely N-dealkylation sites (N-methyl/N-ethyl adjacent to an activating group) is 1. The third-order valence-corrected chi connectivity index (χ3v) is 3.73. The summed E-state index contributed by atoms with van der Waals surface area (Å²) in [5.74, 6) is 1.10. The summed E-state index contributed by atoms with van der Waals surface area (Å²) in [7, 11) is 1.89. The molecule has 1 heterocycles. The molecular weight excluding hydrogens is 214 g/mol. The molecule has 1 aromatic carbocycles. The van der Waals surface area contributed by atoms with E-state index in [0.29, 0.717) is 6.61 Å². The molecule has 1 aliphatic rings. The maximum Gasteiger partial charge on any atom is 0.125 e. The third kappa shape index (κ3) is 2.17. The lowest BCUT2D eigenvalue weighted by Crippen LogP contribution is -2.38. The molecule has 0 saturated carbocycles. The van der Waals surface area contributed by atoms with Crippen LogP contribution in [0.25, 0.3) is 0 Å². The molecule has 0 saturated heterocycles. The second kappa shape index (κ2) is 4.67. The first kappa shape index (κ1) is 12.4. The van der Waals surface area contributed by atoms with E-state index in [1.807, 2.05) is 19.2 Å². The summed E-state index contributed by atoms with van der Waals surface area (Å²) in [5.41, 5.74) is 3.29. The highest BCUT2D eigenvalue weighted by Gasteiger charge is 2.31. The summed E-state index contributed by atoms with van der Waals surface area (Å²) in [6.45, 7) is 6.86. The lowest BCUT2D eigenvalue weighted by molar-refractivity contribution is 0.104. The first-order chi connectivity index (χ1) is 8.04. The number of rotatable bonds is 1. The van der Waals surface area contributed by atoms with Gasteiger partial charge in [0.1, 0.15) is 5.75 Å². The summed E-state index contributed by atoms with van der Waals surface area (Å²) < 4.78 is 5.80. The maximum atomic E-state index is 10.4. The van der Waals surface area contributed by atoms with Crippen molar-refractivity contribution >= 4 is 0 Å². The van der Waals surface area contributed by atoms with Gasteiger partial charge in [-0.2, -0.15) is 0 Å². The van der Waals surface area contributed by atoms with Crippen molar-refractivity contribution in [2.24, 2.45) is 5.92 Å². The molecule has 1 aromatic rings. The van der Waals surface area contributed by atoms with Crippen LogP contribution in [0, 0.1) is 19.8 Å². The average molecular weight is 235 g/mol. The predicted octanol–water partition coefficient (Wildman–Crippen LogP) is 1.95. The number of hydrogen-bond donors (Lipinski definition) is 2. The van der Waals surface area contributed by atoms with Crippen LogP contribution in [0.3, 0.4) is 0 Å². The molecule has 3 heteroatoms. The van der Waals surface area contributed by atoms with E-state index in [9.17, 15) is 5.11 Å². The maximum absolute atomic E-state index is 10.4. The molecule has 0 fully saturated rings. The molecule has 94 valence electrons. The van der Waals surface area contributed by atoms with E-state index in [1.54, 1.807) is 0 Å². The van der Waals surface area contributed by atoms with E-state index >= 15 is 0 Å². The lowest BCUT2D eigenvalue weighted by atomic mass is 9.92. The van der Waals surface area contributed by atoms with Crippen molar-refractivity contribution in [3.05, 3.63) is 28.8 Å². The Hall–Kier alpha value is -1.06. The van der Waals surface area contributed by atoms with Gasteiger partial charge in [-0.15, -0.1) is 0 Å². The van der Waals surface area contributed by atoms with Crippen molar-refractivity contribution in [2.75, 3.05) is 13.7 Å². The van der Waals surface area contributed by atoms with Crippen molar-refractivity contribution in [1.29, 1.82) is 0 Å².